The van der Waals surface area contributed by atoms with E-state index in [0.717, 1.165) is 25.7 Å². The highest BCUT2D eigenvalue weighted by atomic mass is 35.5. The Morgan fingerprint density at radius 2 is 1.83 bits per heavy atom. The summed E-state index contributed by atoms with van der Waals surface area (Å²) in [4.78, 5) is 47.3. The highest BCUT2D eigenvalue weighted by molar-refractivity contribution is 6.42. The van der Waals surface area contributed by atoms with Crippen LogP contribution in [0, 0.1) is 5.92 Å². The zero-order valence-electron chi connectivity index (χ0n) is 15.9. The fourth-order valence-corrected chi connectivity index (χ4v) is 3.28. The van der Waals surface area contributed by atoms with E-state index < -0.39 is 37.0 Å². The van der Waals surface area contributed by atoms with E-state index in [1.165, 1.54) is 18.2 Å². The van der Waals surface area contributed by atoms with Crippen LogP contribution in [-0.4, -0.2) is 43.0 Å². The fourth-order valence-electron chi connectivity index (χ4n) is 2.99. The van der Waals surface area contributed by atoms with Gasteiger partial charge in [-0.05, 0) is 37.0 Å². The van der Waals surface area contributed by atoms with Crippen LogP contribution in [0.3, 0.4) is 0 Å². The third-order valence-electron chi connectivity index (χ3n) is 4.62. The molecule has 0 spiro atoms. The van der Waals surface area contributed by atoms with Gasteiger partial charge in [-0.1, -0.05) is 43.0 Å². The molecular weight excluding hydrogens is 421 g/mol. The molecule has 8 nitrogen and oxygen atoms in total. The van der Waals surface area contributed by atoms with Crippen molar-refractivity contribution in [2.75, 3.05) is 13.2 Å². The van der Waals surface area contributed by atoms with Crippen molar-refractivity contribution >= 4 is 47.0 Å². The van der Waals surface area contributed by atoms with Gasteiger partial charge in [0.05, 0.1) is 10.0 Å². The number of imide groups is 1. The number of amides is 4. The van der Waals surface area contributed by atoms with Gasteiger partial charge in [0, 0.05) is 11.6 Å². The molecule has 29 heavy (non-hydrogen) atoms. The number of rotatable bonds is 6. The van der Waals surface area contributed by atoms with Gasteiger partial charge in [0.1, 0.15) is 6.54 Å². The Morgan fingerprint density at radius 3 is 2.52 bits per heavy atom. The Labute approximate surface area is 178 Å². The molecule has 0 aromatic heterocycles. The van der Waals surface area contributed by atoms with Crippen molar-refractivity contribution in [1.29, 1.82) is 0 Å². The van der Waals surface area contributed by atoms with Crippen molar-refractivity contribution in [1.82, 2.24) is 16.0 Å². The SMILES string of the molecule is CC1CCCCC1NC(=O)NC(=O)COC(=O)CNC(=O)c1ccc(Cl)c(Cl)c1. The lowest BCUT2D eigenvalue weighted by molar-refractivity contribution is -0.147. The van der Waals surface area contributed by atoms with Crippen molar-refractivity contribution < 1.29 is 23.9 Å². The minimum Gasteiger partial charge on any atom is -0.454 e. The third kappa shape index (κ3) is 7.55. The molecule has 0 aliphatic heterocycles. The van der Waals surface area contributed by atoms with Crippen LogP contribution >= 0.6 is 23.2 Å². The molecule has 1 aromatic carbocycles. The Balaban J connectivity index is 1.67. The molecule has 1 saturated carbocycles. The van der Waals surface area contributed by atoms with E-state index in [1.54, 1.807) is 0 Å². The topological polar surface area (TPSA) is 114 Å². The second kappa shape index (κ2) is 11.0. The molecule has 3 N–H and O–H groups in total. The van der Waals surface area contributed by atoms with Gasteiger partial charge in [-0.3, -0.25) is 19.7 Å². The van der Waals surface area contributed by atoms with Gasteiger partial charge in [0.2, 0.25) is 0 Å². The van der Waals surface area contributed by atoms with Crippen LogP contribution in [0.4, 0.5) is 4.79 Å². The maximum Gasteiger partial charge on any atom is 0.325 e. The second-order valence-electron chi connectivity index (χ2n) is 6.86. The summed E-state index contributed by atoms with van der Waals surface area (Å²) < 4.78 is 4.75. The third-order valence-corrected chi connectivity index (χ3v) is 5.36. The summed E-state index contributed by atoms with van der Waals surface area (Å²) in [6.07, 6.45) is 4.08. The monoisotopic (exact) mass is 443 g/mol. The first-order chi connectivity index (χ1) is 13.8. The van der Waals surface area contributed by atoms with Gasteiger partial charge in [-0.2, -0.15) is 0 Å². The smallest absolute Gasteiger partial charge is 0.325 e. The van der Waals surface area contributed by atoms with Gasteiger partial charge >= 0.3 is 12.0 Å². The Kier molecular flexibility index (Phi) is 8.72. The largest absolute Gasteiger partial charge is 0.454 e. The summed E-state index contributed by atoms with van der Waals surface area (Å²) in [6, 6.07) is 3.69. The molecule has 1 aromatic rings. The number of carbonyl (C=O) groups excluding carboxylic acids is 4. The van der Waals surface area contributed by atoms with E-state index in [9.17, 15) is 19.2 Å². The Morgan fingerprint density at radius 1 is 1.10 bits per heavy atom. The van der Waals surface area contributed by atoms with Crippen LogP contribution in [0.5, 0.6) is 0 Å². The standard InChI is InChI=1S/C19H23Cl2N3O5/c1-11-4-2-3-5-15(11)23-19(28)24-16(25)10-29-17(26)9-22-18(27)12-6-7-13(20)14(21)8-12/h6-8,11,15H,2-5,9-10H2,1H3,(H,22,27)(H2,23,24,25,28). The lowest BCUT2D eigenvalue weighted by Crippen LogP contribution is -2.48. The minimum absolute atomic E-state index is 0.0238. The fraction of sp³-hybridized carbons (Fsp3) is 0.474. The maximum atomic E-state index is 12.0. The molecule has 0 saturated heterocycles. The molecule has 2 atom stereocenters. The first kappa shape index (κ1) is 23.0. The lowest BCUT2D eigenvalue weighted by atomic mass is 9.86. The summed E-state index contributed by atoms with van der Waals surface area (Å²) in [5.74, 6) is -1.78. The number of hydrogen-bond acceptors (Lipinski definition) is 5. The average molecular weight is 444 g/mol. The summed E-state index contributed by atoms with van der Waals surface area (Å²) >= 11 is 11.6. The molecule has 0 radical (unpaired) electrons. The summed E-state index contributed by atoms with van der Waals surface area (Å²) in [5.41, 5.74) is 0.221. The maximum absolute atomic E-state index is 12.0. The van der Waals surface area contributed by atoms with Crippen LogP contribution in [0.25, 0.3) is 0 Å². The first-order valence-electron chi connectivity index (χ1n) is 9.25. The number of halogens is 2. The molecule has 2 rings (SSSR count). The number of benzene rings is 1. The van der Waals surface area contributed by atoms with Gasteiger partial charge in [-0.15, -0.1) is 0 Å². The Hall–Kier alpha value is -2.32. The van der Waals surface area contributed by atoms with Crippen LogP contribution < -0.4 is 16.0 Å². The van der Waals surface area contributed by atoms with Crippen LogP contribution in [0.1, 0.15) is 43.0 Å². The van der Waals surface area contributed by atoms with Gasteiger partial charge in [0.15, 0.2) is 6.61 Å². The highest BCUT2D eigenvalue weighted by Gasteiger charge is 2.23. The van der Waals surface area contributed by atoms with Gasteiger partial charge in [0.25, 0.3) is 11.8 Å². The van der Waals surface area contributed by atoms with Crippen molar-refractivity contribution in [3.63, 3.8) is 0 Å². The summed E-state index contributed by atoms with van der Waals surface area (Å²) in [5, 5.41) is 7.74. The summed E-state index contributed by atoms with van der Waals surface area (Å²) in [7, 11) is 0. The predicted octanol–water partition coefficient (Wildman–Crippen LogP) is 2.67. The van der Waals surface area contributed by atoms with Gasteiger partial charge < -0.3 is 15.4 Å². The number of carbonyl (C=O) groups is 4. The van der Waals surface area contributed by atoms with Crippen LogP contribution in [0.15, 0.2) is 18.2 Å². The zero-order valence-corrected chi connectivity index (χ0v) is 17.4. The highest BCUT2D eigenvalue weighted by Crippen LogP contribution is 2.23. The normalized spacial score (nSPS) is 18.4. The summed E-state index contributed by atoms with van der Waals surface area (Å²) in [6.45, 7) is 0.979. The molecule has 1 aliphatic rings. The van der Waals surface area contributed by atoms with E-state index in [4.69, 9.17) is 27.9 Å². The zero-order chi connectivity index (χ0) is 21.4. The van der Waals surface area contributed by atoms with E-state index in [1.807, 2.05) is 0 Å². The first-order valence-corrected chi connectivity index (χ1v) is 10.0. The molecule has 1 fully saturated rings. The number of ether oxygens (including phenoxy) is 1. The van der Waals surface area contributed by atoms with E-state index in [2.05, 4.69) is 22.9 Å². The van der Waals surface area contributed by atoms with Crippen LogP contribution in [-0.2, 0) is 14.3 Å². The van der Waals surface area contributed by atoms with E-state index in [-0.39, 0.29) is 16.6 Å². The average Bonchev–Trinajstić information content (AvgIpc) is 2.68. The van der Waals surface area contributed by atoms with Crippen molar-refractivity contribution in [2.45, 2.75) is 38.6 Å². The Bertz CT molecular complexity index is 787. The van der Waals surface area contributed by atoms with Crippen molar-refractivity contribution in [2.24, 2.45) is 5.92 Å². The van der Waals surface area contributed by atoms with E-state index >= 15 is 0 Å². The van der Waals surface area contributed by atoms with Crippen molar-refractivity contribution in [3.05, 3.63) is 33.8 Å². The molecular formula is C19H23Cl2N3O5. The molecule has 10 heteroatoms. The molecule has 4 amide bonds. The molecule has 2 unspecified atom stereocenters. The lowest BCUT2D eigenvalue weighted by Gasteiger charge is -2.29. The number of hydrogen-bond donors (Lipinski definition) is 3. The van der Waals surface area contributed by atoms with Crippen molar-refractivity contribution in [3.8, 4) is 0 Å². The molecule has 1 aliphatic carbocycles. The quantitative estimate of drug-likeness (QED) is 0.584. The van der Waals surface area contributed by atoms with Gasteiger partial charge in [-0.25, -0.2) is 4.79 Å². The number of nitrogens with one attached hydrogen (secondary N) is 3. The molecule has 158 valence electrons. The molecule has 0 bridgehead atoms. The number of esters is 1. The minimum atomic E-state index is -0.824. The molecule has 0 heterocycles. The number of urea groups is 1. The predicted molar refractivity (Wildman–Crippen MR) is 108 cm³/mol. The van der Waals surface area contributed by atoms with Crippen LogP contribution in [0.2, 0.25) is 10.0 Å². The second-order valence-corrected chi connectivity index (χ2v) is 7.68. The van der Waals surface area contributed by atoms with E-state index in [0.29, 0.717) is 10.9 Å².